The molecule has 2 rings (SSSR count). The molecule has 16 heavy (non-hydrogen) atoms. The van der Waals surface area contributed by atoms with Crippen LogP contribution in [0.2, 0.25) is 0 Å². The number of rotatable bonds is 4. The summed E-state index contributed by atoms with van der Waals surface area (Å²) in [4.78, 5) is 2.32. The SMILES string of the molecule is OC(CNP)CN1CC[N+]2(CC1)CC(O)C2. The Morgan fingerprint density at radius 3 is 2.50 bits per heavy atom. The quantitative estimate of drug-likeness (QED) is 0.407. The zero-order valence-corrected chi connectivity index (χ0v) is 10.8. The highest BCUT2D eigenvalue weighted by atomic mass is 31.0. The lowest BCUT2D eigenvalue weighted by molar-refractivity contribution is -0.975. The first-order chi connectivity index (χ1) is 7.63. The molecule has 3 N–H and O–H groups in total. The third-order valence-electron chi connectivity index (χ3n) is 3.80. The molecule has 94 valence electrons. The van der Waals surface area contributed by atoms with Crippen LogP contribution in [0.3, 0.4) is 0 Å². The molecule has 2 aliphatic heterocycles. The Labute approximate surface area is 99.3 Å². The van der Waals surface area contributed by atoms with E-state index < -0.39 is 0 Å². The Bertz CT molecular complexity index is 226. The van der Waals surface area contributed by atoms with Gasteiger partial charge in [0, 0.05) is 26.2 Å². The summed E-state index contributed by atoms with van der Waals surface area (Å²) < 4.78 is 1.09. The van der Waals surface area contributed by atoms with Gasteiger partial charge in [-0.25, -0.2) is 0 Å². The van der Waals surface area contributed by atoms with Gasteiger partial charge in [0.05, 0.1) is 19.2 Å². The van der Waals surface area contributed by atoms with Crippen molar-refractivity contribution in [3.8, 4) is 0 Å². The summed E-state index contributed by atoms with van der Waals surface area (Å²) in [5, 5.41) is 22.0. The van der Waals surface area contributed by atoms with Crippen LogP contribution in [0.15, 0.2) is 0 Å². The molecular formula is C10H23N3O2P+. The molecule has 0 aromatic carbocycles. The maximum Gasteiger partial charge on any atom is 0.152 e. The van der Waals surface area contributed by atoms with Gasteiger partial charge in [-0.3, -0.25) is 9.99 Å². The van der Waals surface area contributed by atoms with Gasteiger partial charge >= 0.3 is 0 Å². The highest BCUT2D eigenvalue weighted by Gasteiger charge is 2.44. The lowest BCUT2D eigenvalue weighted by atomic mass is 10.0. The molecule has 0 radical (unpaired) electrons. The molecule has 0 aromatic heterocycles. The summed E-state index contributed by atoms with van der Waals surface area (Å²) >= 11 is 0. The van der Waals surface area contributed by atoms with E-state index in [-0.39, 0.29) is 12.2 Å². The van der Waals surface area contributed by atoms with Crippen molar-refractivity contribution in [3.05, 3.63) is 0 Å². The first kappa shape index (κ1) is 12.7. The van der Waals surface area contributed by atoms with E-state index in [0.29, 0.717) is 6.54 Å². The number of quaternary nitrogens is 1. The minimum atomic E-state index is -0.286. The van der Waals surface area contributed by atoms with Crippen LogP contribution < -0.4 is 5.09 Å². The molecule has 2 fully saturated rings. The van der Waals surface area contributed by atoms with E-state index in [1.807, 2.05) is 0 Å². The first-order valence-electron chi connectivity index (χ1n) is 6.01. The number of nitrogens with zero attached hydrogens (tertiary/aromatic N) is 2. The van der Waals surface area contributed by atoms with Crippen molar-refractivity contribution in [1.82, 2.24) is 9.99 Å². The summed E-state index contributed by atoms with van der Waals surface area (Å²) in [7, 11) is 2.41. The van der Waals surface area contributed by atoms with Crippen LogP contribution in [-0.2, 0) is 0 Å². The second kappa shape index (κ2) is 5.25. The predicted octanol–water partition coefficient (Wildman–Crippen LogP) is -1.77. The number of piperazine rings is 1. The van der Waals surface area contributed by atoms with Crippen LogP contribution in [0.5, 0.6) is 0 Å². The van der Waals surface area contributed by atoms with Gasteiger partial charge in [-0.05, 0) is 0 Å². The smallest absolute Gasteiger partial charge is 0.152 e. The van der Waals surface area contributed by atoms with E-state index >= 15 is 0 Å². The van der Waals surface area contributed by atoms with Gasteiger partial charge in [-0.1, -0.05) is 9.39 Å². The molecule has 2 aliphatic rings. The molecule has 2 unspecified atom stereocenters. The maximum absolute atomic E-state index is 9.68. The fourth-order valence-corrected chi connectivity index (χ4v) is 3.09. The summed E-state index contributed by atoms with van der Waals surface area (Å²) in [5.41, 5.74) is 0. The van der Waals surface area contributed by atoms with E-state index in [2.05, 4.69) is 19.4 Å². The zero-order valence-electron chi connectivity index (χ0n) is 9.68. The molecule has 0 amide bonds. The van der Waals surface area contributed by atoms with E-state index in [0.717, 1.165) is 50.3 Å². The van der Waals surface area contributed by atoms with E-state index in [1.54, 1.807) is 0 Å². The van der Waals surface area contributed by atoms with Crippen LogP contribution >= 0.6 is 9.39 Å². The van der Waals surface area contributed by atoms with Gasteiger partial charge < -0.3 is 14.7 Å². The molecule has 0 saturated carbocycles. The average Bonchev–Trinajstić information content (AvgIpc) is 2.20. The van der Waals surface area contributed by atoms with Crippen LogP contribution in [-0.4, -0.2) is 84.2 Å². The Hall–Kier alpha value is 0.230. The van der Waals surface area contributed by atoms with Gasteiger partial charge in [0.25, 0.3) is 0 Å². The third-order valence-corrected chi connectivity index (χ3v) is 4.04. The van der Waals surface area contributed by atoms with E-state index in [9.17, 15) is 10.2 Å². The van der Waals surface area contributed by atoms with Crippen LogP contribution in [0.1, 0.15) is 0 Å². The number of β-amino-alcohol motifs (C(OH)–C–C–N with tert-alkyl or cyclic N) is 1. The predicted molar refractivity (Wildman–Crippen MR) is 65.9 cm³/mol. The number of aliphatic hydroxyl groups is 2. The summed E-state index contributed by atoms with van der Waals surface area (Å²) in [6, 6.07) is 0. The lowest BCUT2D eigenvalue weighted by Crippen LogP contribution is -2.72. The summed E-state index contributed by atoms with van der Waals surface area (Å²) in [5.74, 6) is 0. The van der Waals surface area contributed by atoms with Gasteiger partial charge in [0.1, 0.15) is 13.1 Å². The minimum absolute atomic E-state index is 0.0709. The summed E-state index contributed by atoms with van der Waals surface area (Å²) in [6.45, 7) is 7.58. The molecular weight excluding hydrogens is 225 g/mol. The molecule has 2 saturated heterocycles. The normalized spacial score (nSPS) is 27.9. The van der Waals surface area contributed by atoms with Gasteiger partial charge in [-0.2, -0.15) is 0 Å². The number of aliphatic hydroxyl groups excluding tert-OH is 2. The fourth-order valence-electron chi connectivity index (χ4n) is 2.82. The fraction of sp³-hybridized carbons (Fsp3) is 1.00. The molecule has 0 bridgehead atoms. The Morgan fingerprint density at radius 2 is 2.00 bits per heavy atom. The average molecular weight is 248 g/mol. The van der Waals surface area contributed by atoms with Gasteiger partial charge in [-0.15, -0.1) is 0 Å². The highest BCUT2D eigenvalue weighted by molar-refractivity contribution is 7.13. The summed E-state index contributed by atoms with van der Waals surface area (Å²) in [6.07, 6.45) is -0.357. The largest absolute Gasteiger partial charge is 0.390 e. The second-order valence-corrected chi connectivity index (χ2v) is 5.58. The molecule has 6 heteroatoms. The van der Waals surface area contributed by atoms with Crippen molar-refractivity contribution < 1.29 is 14.7 Å². The topological polar surface area (TPSA) is 55.7 Å². The number of hydrogen-bond acceptors (Lipinski definition) is 4. The third kappa shape index (κ3) is 2.92. The monoisotopic (exact) mass is 248 g/mol. The molecule has 5 nitrogen and oxygen atoms in total. The molecule has 0 aliphatic carbocycles. The lowest BCUT2D eigenvalue weighted by Gasteiger charge is -2.52. The Morgan fingerprint density at radius 1 is 1.38 bits per heavy atom. The highest BCUT2D eigenvalue weighted by Crippen LogP contribution is 2.23. The first-order valence-corrected chi connectivity index (χ1v) is 6.58. The van der Waals surface area contributed by atoms with E-state index in [4.69, 9.17) is 0 Å². The molecule has 0 aromatic rings. The van der Waals surface area contributed by atoms with Crippen molar-refractivity contribution in [2.24, 2.45) is 0 Å². The number of nitrogens with one attached hydrogen (secondary N) is 1. The van der Waals surface area contributed by atoms with Crippen molar-refractivity contribution >= 4 is 9.39 Å². The van der Waals surface area contributed by atoms with Gasteiger partial charge in [0.15, 0.2) is 6.10 Å². The molecule has 2 heterocycles. The van der Waals surface area contributed by atoms with Crippen LogP contribution in [0.25, 0.3) is 0 Å². The standard InChI is InChI=1S/C10H23N3O2P/c14-9(5-11-16)6-12-1-3-13(4-2-12)7-10(15)8-13/h9-11,14-15H,1-8,16H2/q+1. The van der Waals surface area contributed by atoms with Gasteiger partial charge in [0.2, 0.25) is 0 Å². The minimum Gasteiger partial charge on any atom is -0.390 e. The van der Waals surface area contributed by atoms with E-state index in [1.165, 1.54) is 0 Å². The van der Waals surface area contributed by atoms with Crippen molar-refractivity contribution in [3.63, 3.8) is 0 Å². The number of hydrogen-bond donors (Lipinski definition) is 3. The molecule has 1 spiro atoms. The van der Waals surface area contributed by atoms with Crippen molar-refractivity contribution in [1.29, 1.82) is 0 Å². The maximum atomic E-state index is 9.68. The second-order valence-electron chi connectivity index (χ2n) is 5.17. The molecule has 2 atom stereocenters. The van der Waals surface area contributed by atoms with Crippen molar-refractivity contribution in [2.45, 2.75) is 12.2 Å². The Balaban J connectivity index is 1.69. The van der Waals surface area contributed by atoms with Crippen molar-refractivity contribution in [2.75, 3.05) is 52.4 Å². The van der Waals surface area contributed by atoms with Crippen LogP contribution in [0, 0.1) is 0 Å². The zero-order chi connectivity index (χ0) is 11.6. The van der Waals surface area contributed by atoms with Crippen LogP contribution in [0.4, 0.5) is 0 Å². The Kier molecular flexibility index (Phi) is 4.16.